The van der Waals surface area contributed by atoms with Gasteiger partial charge in [-0.2, -0.15) is 52.7 Å². The molecular formula is C18H11Cl4F12N3O2. The summed E-state index contributed by atoms with van der Waals surface area (Å²) in [4.78, 5) is 0. The number of aliphatic hydroxyl groups is 2. The van der Waals surface area contributed by atoms with E-state index in [1.165, 1.54) is 0 Å². The van der Waals surface area contributed by atoms with Crippen molar-refractivity contribution in [3.05, 3.63) is 55.5 Å². The zero-order valence-corrected chi connectivity index (χ0v) is 20.9. The van der Waals surface area contributed by atoms with E-state index in [4.69, 9.17) is 68.2 Å². The van der Waals surface area contributed by atoms with Gasteiger partial charge in [0, 0.05) is 11.1 Å². The molecule has 0 saturated carbocycles. The predicted octanol–water partition coefficient (Wildman–Crippen LogP) is 7.48. The van der Waals surface area contributed by atoms with Gasteiger partial charge in [0.25, 0.3) is 11.2 Å². The fourth-order valence-corrected chi connectivity index (χ4v) is 3.77. The number of nitrogens with two attached hydrogens (primary N) is 2. The number of hydrogen-bond donors (Lipinski definition) is 5. The summed E-state index contributed by atoms with van der Waals surface area (Å²) in [5.74, 6) is 4.96. The Morgan fingerprint density at radius 3 is 0.974 bits per heavy atom. The van der Waals surface area contributed by atoms with Crippen molar-refractivity contribution in [1.82, 2.24) is 0 Å². The summed E-state index contributed by atoms with van der Waals surface area (Å²) in [5.41, 5.74) is -6.85. The predicted molar refractivity (Wildman–Crippen MR) is 117 cm³/mol. The number of hydrazine groups is 1. The van der Waals surface area contributed by atoms with Crippen LogP contribution in [0, 0.1) is 0 Å². The quantitative estimate of drug-likeness (QED) is 0.101. The Labute approximate surface area is 229 Å². The molecule has 2 aromatic rings. The van der Waals surface area contributed by atoms with Gasteiger partial charge in [-0.15, -0.1) is 0 Å². The van der Waals surface area contributed by atoms with Crippen LogP contribution in [0.4, 0.5) is 64.1 Å². The van der Waals surface area contributed by atoms with Gasteiger partial charge in [-0.25, -0.2) is 0 Å². The lowest BCUT2D eigenvalue weighted by Crippen LogP contribution is -2.53. The van der Waals surface area contributed by atoms with Gasteiger partial charge < -0.3 is 21.4 Å². The third kappa shape index (κ3) is 6.60. The Bertz CT molecular complexity index is 1130. The fraction of sp³-hybridized carbons (Fsp3) is 0.333. The van der Waals surface area contributed by atoms with Crippen molar-refractivity contribution in [3.8, 4) is 0 Å². The maximum absolute atomic E-state index is 12.6. The number of nitrogens with one attached hydrogen (secondary N) is 1. The molecule has 39 heavy (non-hydrogen) atoms. The second kappa shape index (κ2) is 11.3. The molecule has 0 saturated heterocycles. The van der Waals surface area contributed by atoms with Crippen molar-refractivity contribution in [2.45, 2.75) is 35.9 Å². The topological polar surface area (TPSA) is 105 Å². The van der Waals surface area contributed by atoms with E-state index in [9.17, 15) is 52.7 Å². The highest BCUT2D eigenvalue weighted by Gasteiger charge is 2.72. The molecule has 222 valence electrons. The third-order valence-corrected chi connectivity index (χ3v) is 5.96. The van der Waals surface area contributed by atoms with Crippen LogP contribution in [0.15, 0.2) is 24.3 Å². The van der Waals surface area contributed by atoms with Gasteiger partial charge >= 0.3 is 24.7 Å². The second-order valence-corrected chi connectivity index (χ2v) is 8.85. The molecule has 0 fully saturated rings. The van der Waals surface area contributed by atoms with Crippen LogP contribution in [-0.2, 0) is 11.2 Å². The third-order valence-electron chi connectivity index (χ3n) is 4.74. The highest BCUT2D eigenvalue weighted by atomic mass is 35.5. The van der Waals surface area contributed by atoms with Crippen LogP contribution in [-0.4, -0.2) is 34.9 Å². The zero-order chi connectivity index (χ0) is 31.2. The van der Waals surface area contributed by atoms with Crippen molar-refractivity contribution in [3.63, 3.8) is 0 Å². The van der Waals surface area contributed by atoms with Crippen LogP contribution < -0.4 is 17.0 Å². The van der Waals surface area contributed by atoms with Gasteiger partial charge in [0.2, 0.25) is 0 Å². The molecule has 5 nitrogen and oxygen atoms in total. The summed E-state index contributed by atoms with van der Waals surface area (Å²) in [6.45, 7) is 0. The summed E-state index contributed by atoms with van der Waals surface area (Å²) in [6.07, 6.45) is -24.0. The molecule has 2 rings (SSSR count). The highest BCUT2D eigenvalue weighted by Crippen LogP contribution is 2.52. The van der Waals surface area contributed by atoms with E-state index in [0.29, 0.717) is 0 Å². The molecule has 0 aliphatic rings. The number of anilines is 2. The molecule has 0 aromatic heterocycles. The van der Waals surface area contributed by atoms with Crippen molar-refractivity contribution in [2.75, 3.05) is 11.2 Å². The molecule has 21 heteroatoms. The maximum atomic E-state index is 12.6. The lowest BCUT2D eigenvalue weighted by molar-refractivity contribution is -0.376. The molecule has 0 unspecified atom stereocenters. The highest BCUT2D eigenvalue weighted by molar-refractivity contribution is 6.39. The first-order valence-corrected chi connectivity index (χ1v) is 10.6. The number of rotatable bonds is 3. The molecule has 2 aromatic carbocycles. The van der Waals surface area contributed by atoms with E-state index in [0.717, 1.165) is 0 Å². The number of halogens is 16. The Morgan fingerprint density at radius 2 is 0.769 bits per heavy atom. The standard InChI is InChI=1S/C9H6Cl2F6N2O.C9H5Cl2F6NO/c10-4-1-3(2-5(11)6(4)19-18)7(20,8(12,13)14)9(15,16)17;10-4-1-3(2-5(11)6(4)18)7(19,8(12,13)14)9(15,16)17/h1-2,19-20H,18H2;1-2,19H,18H2. The molecule has 0 heterocycles. The zero-order valence-electron chi connectivity index (χ0n) is 17.9. The summed E-state index contributed by atoms with van der Waals surface area (Å²) in [7, 11) is 0. The first-order valence-electron chi connectivity index (χ1n) is 9.11. The first-order chi connectivity index (χ1) is 17.2. The summed E-state index contributed by atoms with van der Waals surface area (Å²) in [5, 5.41) is 15.8. The Hall–Kier alpha value is -1.76. The summed E-state index contributed by atoms with van der Waals surface area (Å²) in [6, 6.07) is 1.10. The van der Waals surface area contributed by atoms with Crippen molar-refractivity contribution >= 4 is 57.8 Å². The van der Waals surface area contributed by atoms with Crippen molar-refractivity contribution in [2.24, 2.45) is 5.84 Å². The van der Waals surface area contributed by atoms with Crippen LogP contribution in [0.2, 0.25) is 20.1 Å². The number of benzene rings is 2. The van der Waals surface area contributed by atoms with Crippen LogP contribution in [0.5, 0.6) is 0 Å². The lowest BCUT2D eigenvalue weighted by atomic mass is 9.92. The average molecular weight is 671 g/mol. The molecule has 0 radical (unpaired) electrons. The maximum Gasteiger partial charge on any atom is 0.430 e. The van der Waals surface area contributed by atoms with Gasteiger partial charge in [-0.3, -0.25) is 5.84 Å². The lowest BCUT2D eigenvalue weighted by Gasteiger charge is -2.33. The minimum Gasteiger partial charge on any atom is -0.396 e. The monoisotopic (exact) mass is 669 g/mol. The largest absolute Gasteiger partial charge is 0.430 e. The smallest absolute Gasteiger partial charge is 0.396 e. The minimum atomic E-state index is -6.02. The number of hydrogen-bond acceptors (Lipinski definition) is 5. The van der Waals surface area contributed by atoms with Crippen LogP contribution in [0.1, 0.15) is 11.1 Å². The van der Waals surface area contributed by atoms with Crippen LogP contribution in [0.25, 0.3) is 0 Å². The molecule has 0 amide bonds. The Balaban J connectivity index is 0.000000391. The fourth-order valence-electron chi connectivity index (χ4n) is 2.69. The van der Waals surface area contributed by atoms with E-state index >= 15 is 0 Å². The van der Waals surface area contributed by atoms with Gasteiger partial charge in [-0.1, -0.05) is 46.4 Å². The van der Waals surface area contributed by atoms with E-state index in [1.807, 2.05) is 5.43 Å². The molecular weight excluding hydrogens is 660 g/mol. The minimum absolute atomic E-state index is 0.268. The van der Waals surface area contributed by atoms with Crippen LogP contribution >= 0.6 is 46.4 Å². The average Bonchev–Trinajstić information content (AvgIpc) is 2.73. The molecule has 0 aliphatic heterocycles. The van der Waals surface area contributed by atoms with Crippen LogP contribution in [0.3, 0.4) is 0 Å². The van der Waals surface area contributed by atoms with E-state index < -0.39 is 72.8 Å². The molecule has 0 atom stereocenters. The number of alkyl halides is 12. The number of nitrogen functional groups attached to an aromatic ring is 2. The molecule has 0 spiro atoms. The SMILES string of the molecule is NNc1c(Cl)cc(C(O)(C(F)(F)F)C(F)(F)F)cc1Cl.Nc1c(Cl)cc(C(O)(C(F)(F)F)C(F)(F)F)cc1Cl. The van der Waals surface area contributed by atoms with Crippen molar-refractivity contribution in [1.29, 1.82) is 0 Å². The molecule has 0 bridgehead atoms. The van der Waals surface area contributed by atoms with E-state index in [2.05, 4.69) is 0 Å². The van der Waals surface area contributed by atoms with E-state index in [1.54, 1.807) is 0 Å². The van der Waals surface area contributed by atoms with Gasteiger partial charge in [0.05, 0.1) is 31.5 Å². The Morgan fingerprint density at radius 1 is 0.538 bits per heavy atom. The summed E-state index contributed by atoms with van der Waals surface area (Å²) < 4.78 is 151. The van der Waals surface area contributed by atoms with Crippen molar-refractivity contribution < 1.29 is 62.9 Å². The van der Waals surface area contributed by atoms with Gasteiger partial charge in [0.15, 0.2) is 0 Å². The van der Waals surface area contributed by atoms with Gasteiger partial charge in [-0.05, 0) is 24.3 Å². The molecule has 0 aliphatic carbocycles. The molecule has 7 N–H and O–H groups in total. The normalized spacial score (nSPS) is 13.6. The van der Waals surface area contributed by atoms with Gasteiger partial charge in [0.1, 0.15) is 0 Å². The first kappa shape index (κ1) is 35.3. The van der Waals surface area contributed by atoms with E-state index in [-0.39, 0.29) is 30.0 Å². The Kier molecular flexibility index (Phi) is 10.2. The second-order valence-electron chi connectivity index (χ2n) is 7.22. The summed E-state index contributed by atoms with van der Waals surface area (Å²) >= 11 is 21.7.